The number of anilines is 1. The topological polar surface area (TPSA) is 46.5 Å². The molecule has 3 rings (SSSR count). The fourth-order valence-corrected chi connectivity index (χ4v) is 2.88. The summed E-state index contributed by atoms with van der Waals surface area (Å²) in [5.41, 5.74) is 7.22. The number of hydrazone groups is 1. The van der Waals surface area contributed by atoms with Gasteiger partial charge in [0.15, 0.2) is 0 Å². The number of nitrogens with one attached hydrogen (secondary N) is 1. The van der Waals surface area contributed by atoms with Crippen molar-refractivity contribution in [1.82, 2.24) is 4.98 Å². The lowest BCUT2D eigenvalue weighted by atomic mass is 10.1. The van der Waals surface area contributed by atoms with Crippen LogP contribution in [0.5, 0.6) is 5.75 Å². The molecule has 0 atom stereocenters. The first kappa shape index (κ1) is 16.2. The van der Waals surface area contributed by atoms with Crippen LogP contribution in [0.15, 0.2) is 59.0 Å². The second kappa shape index (κ2) is 7.75. The van der Waals surface area contributed by atoms with E-state index in [1.807, 2.05) is 36.6 Å². The fourth-order valence-electron chi connectivity index (χ4n) is 2.21. The maximum atomic E-state index is 5.58. The largest absolute Gasteiger partial charge is 0.493 e. The normalized spacial score (nSPS) is 10.9. The highest BCUT2D eigenvalue weighted by atomic mass is 32.1. The van der Waals surface area contributed by atoms with E-state index >= 15 is 0 Å². The molecule has 4 nitrogen and oxygen atoms in total. The first-order valence-electron chi connectivity index (χ1n) is 7.79. The third-order valence-electron chi connectivity index (χ3n) is 3.43. The van der Waals surface area contributed by atoms with Crippen LogP contribution in [0.25, 0.3) is 11.3 Å². The summed E-state index contributed by atoms with van der Waals surface area (Å²) in [5.74, 6) is 0.824. The van der Waals surface area contributed by atoms with E-state index in [9.17, 15) is 0 Å². The van der Waals surface area contributed by atoms with Crippen LogP contribution >= 0.6 is 11.3 Å². The van der Waals surface area contributed by atoms with Gasteiger partial charge in [0, 0.05) is 16.5 Å². The number of thiazole rings is 1. The lowest BCUT2D eigenvalue weighted by molar-refractivity contribution is 0.340. The Labute approximate surface area is 145 Å². The van der Waals surface area contributed by atoms with Crippen molar-refractivity contribution in [3.8, 4) is 17.0 Å². The third kappa shape index (κ3) is 4.00. The molecule has 24 heavy (non-hydrogen) atoms. The lowest BCUT2D eigenvalue weighted by Gasteiger charge is -2.05. The highest BCUT2D eigenvalue weighted by molar-refractivity contribution is 7.14. The van der Waals surface area contributed by atoms with Gasteiger partial charge in [-0.15, -0.1) is 11.3 Å². The third-order valence-corrected chi connectivity index (χ3v) is 4.18. The molecular formula is C19H19N3OS. The standard InChI is InChI=1S/C19H19N3OS/c1-3-23-18-7-5-4-6-16(18)12-20-22-19-21-17(13-24-19)15-10-8-14(2)9-11-15/h4-13H,3H2,1-2H3,(H,21,22)/b20-12-. The molecule has 0 unspecified atom stereocenters. The minimum Gasteiger partial charge on any atom is -0.493 e. The van der Waals surface area contributed by atoms with E-state index < -0.39 is 0 Å². The van der Waals surface area contributed by atoms with E-state index in [-0.39, 0.29) is 0 Å². The van der Waals surface area contributed by atoms with Gasteiger partial charge in [-0.25, -0.2) is 4.98 Å². The van der Waals surface area contributed by atoms with Gasteiger partial charge in [0.1, 0.15) is 5.75 Å². The second-order valence-electron chi connectivity index (χ2n) is 5.24. The molecule has 1 aromatic heterocycles. The maximum absolute atomic E-state index is 5.58. The lowest BCUT2D eigenvalue weighted by Crippen LogP contribution is -1.97. The van der Waals surface area contributed by atoms with E-state index in [0.717, 1.165) is 27.7 Å². The minimum atomic E-state index is 0.630. The van der Waals surface area contributed by atoms with Crippen LogP contribution in [0.1, 0.15) is 18.1 Å². The molecule has 0 fully saturated rings. The molecular weight excluding hydrogens is 318 g/mol. The van der Waals surface area contributed by atoms with Gasteiger partial charge in [0.05, 0.1) is 18.5 Å². The summed E-state index contributed by atoms with van der Waals surface area (Å²) in [6.07, 6.45) is 1.75. The summed E-state index contributed by atoms with van der Waals surface area (Å²) in [5, 5.41) is 7.05. The Morgan fingerprint density at radius 1 is 1.17 bits per heavy atom. The smallest absolute Gasteiger partial charge is 0.203 e. The van der Waals surface area contributed by atoms with E-state index in [1.54, 1.807) is 6.21 Å². The average Bonchev–Trinajstić information content (AvgIpc) is 3.06. The molecule has 0 bridgehead atoms. The molecule has 0 radical (unpaired) electrons. The van der Waals surface area contributed by atoms with Crippen molar-refractivity contribution < 1.29 is 4.74 Å². The molecule has 0 amide bonds. The summed E-state index contributed by atoms with van der Waals surface area (Å²) in [4.78, 5) is 4.56. The van der Waals surface area contributed by atoms with Crippen molar-refractivity contribution in [2.75, 3.05) is 12.0 Å². The van der Waals surface area contributed by atoms with E-state index in [0.29, 0.717) is 6.61 Å². The van der Waals surface area contributed by atoms with Crippen LogP contribution in [-0.2, 0) is 0 Å². The number of benzene rings is 2. The van der Waals surface area contributed by atoms with Gasteiger partial charge in [-0.1, -0.05) is 42.0 Å². The van der Waals surface area contributed by atoms with Crippen LogP contribution in [0.2, 0.25) is 0 Å². The van der Waals surface area contributed by atoms with Gasteiger partial charge >= 0.3 is 0 Å². The average molecular weight is 337 g/mol. The molecule has 0 saturated carbocycles. The van der Waals surface area contributed by atoms with Crippen LogP contribution in [0.3, 0.4) is 0 Å². The Morgan fingerprint density at radius 3 is 2.75 bits per heavy atom. The molecule has 122 valence electrons. The van der Waals surface area contributed by atoms with Gasteiger partial charge in [0.25, 0.3) is 0 Å². The molecule has 3 aromatic rings. The highest BCUT2D eigenvalue weighted by Crippen LogP contribution is 2.25. The van der Waals surface area contributed by atoms with Crippen LogP contribution in [-0.4, -0.2) is 17.8 Å². The Bertz CT molecular complexity index is 825. The predicted molar refractivity (Wildman–Crippen MR) is 101 cm³/mol. The van der Waals surface area contributed by atoms with Gasteiger partial charge in [-0.3, -0.25) is 5.43 Å². The maximum Gasteiger partial charge on any atom is 0.203 e. The molecule has 1 N–H and O–H groups in total. The Morgan fingerprint density at radius 2 is 1.96 bits per heavy atom. The first-order chi connectivity index (χ1) is 11.8. The molecule has 0 aliphatic heterocycles. The van der Waals surface area contributed by atoms with Crippen molar-refractivity contribution in [3.63, 3.8) is 0 Å². The van der Waals surface area contributed by atoms with Crippen LogP contribution in [0, 0.1) is 6.92 Å². The molecule has 2 aromatic carbocycles. The number of ether oxygens (including phenoxy) is 1. The van der Waals surface area contributed by atoms with Crippen molar-refractivity contribution in [2.45, 2.75) is 13.8 Å². The number of hydrogen-bond acceptors (Lipinski definition) is 5. The number of aromatic nitrogens is 1. The Kier molecular flexibility index (Phi) is 5.23. The van der Waals surface area contributed by atoms with Crippen molar-refractivity contribution in [3.05, 3.63) is 65.0 Å². The first-order valence-corrected chi connectivity index (χ1v) is 8.67. The number of nitrogens with zero attached hydrogens (tertiary/aromatic N) is 2. The van der Waals surface area contributed by atoms with E-state index in [1.165, 1.54) is 16.9 Å². The summed E-state index contributed by atoms with van der Waals surface area (Å²) in [6, 6.07) is 16.1. The summed E-state index contributed by atoms with van der Waals surface area (Å²) >= 11 is 1.53. The van der Waals surface area contributed by atoms with Crippen LogP contribution < -0.4 is 10.2 Å². The number of aryl methyl sites for hydroxylation is 1. The Balaban J connectivity index is 1.68. The molecule has 0 saturated heterocycles. The van der Waals surface area contributed by atoms with Crippen molar-refractivity contribution in [1.29, 1.82) is 0 Å². The zero-order valence-corrected chi connectivity index (χ0v) is 14.5. The highest BCUT2D eigenvalue weighted by Gasteiger charge is 2.04. The summed E-state index contributed by atoms with van der Waals surface area (Å²) in [7, 11) is 0. The summed E-state index contributed by atoms with van der Waals surface area (Å²) in [6.45, 7) is 4.67. The van der Waals surface area contributed by atoms with Crippen molar-refractivity contribution >= 4 is 22.7 Å². The van der Waals surface area contributed by atoms with E-state index in [2.05, 4.69) is 46.7 Å². The number of rotatable bonds is 6. The molecule has 0 spiro atoms. The summed E-state index contributed by atoms with van der Waals surface area (Å²) < 4.78 is 5.58. The molecule has 5 heteroatoms. The van der Waals surface area contributed by atoms with E-state index in [4.69, 9.17) is 4.74 Å². The van der Waals surface area contributed by atoms with Crippen molar-refractivity contribution in [2.24, 2.45) is 5.10 Å². The van der Waals surface area contributed by atoms with Gasteiger partial charge in [0.2, 0.25) is 5.13 Å². The van der Waals surface area contributed by atoms with Crippen LogP contribution in [0.4, 0.5) is 5.13 Å². The zero-order valence-electron chi connectivity index (χ0n) is 13.7. The predicted octanol–water partition coefficient (Wildman–Crippen LogP) is 4.96. The number of hydrogen-bond donors (Lipinski definition) is 1. The quantitative estimate of drug-likeness (QED) is 0.510. The minimum absolute atomic E-state index is 0.630. The SMILES string of the molecule is CCOc1ccccc1/C=N\Nc1nc(-c2ccc(C)cc2)cs1. The molecule has 0 aliphatic carbocycles. The van der Waals surface area contributed by atoms with Gasteiger partial charge in [-0.2, -0.15) is 5.10 Å². The number of para-hydroxylation sites is 1. The molecule has 0 aliphatic rings. The van der Waals surface area contributed by atoms with Gasteiger partial charge < -0.3 is 4.74 Å². The zero-order chi connectivity index (χ0) is 16.8. The second-order valence-corrected chi connectivity index (χ2v) is 6.10. The monoisotopic (exact) mass is 337 g/mol. The fraction of sp³-hybridized carbons (Fsp3) is 0.158. The Hall–Kier alpha value is -2.66. The van der Waals surface area contributed by atoms with Gasteiger partial charge in [-0.05, 0) is 26.0 Å². The molecule has 1 heterocycles.